The fourth-order valence-electron chi connectivity index (χ4n) is 3.70. The van der Waals surface area contributed by atoms with Gasteiger partial charge in [-0.1, -0.05) is 6.42 Å². The molecule has 2 atom stereocenters. The van der Waals surface area contributed by atoms with Crippen LogP contribution >= 0.6 is 11.8 Å². The van der Waals surface area contributed by atoms with Gasteiger partial charge in [0.05, 0.1) is 11.2 Å². The van der Waals surface area contributed by atoms with Crippen LogP contribution in [0.2, 0.25) is 6.32 Å². The monoisotopic (exact) mass is 310 g/mol. The minimum atomic E-state index is -0.364. The van der Waals surface area contributed by atoms with Gasteiger partial charge in [-0.05, 0) is 53.4 Å². The molecular weight excluding hydrogens is 283 g/mol. The van der Waals surface area contributed by atoms with Gasteiger partial charge in [-0.15, -0.1) is 0 Å². The van der Waals surface area contributed by atoms with Gasteiger partial charge in [-0.25, -0.2) is 0 Å². The molecule has 118 valence electrons. The van der Waals surface area contributed by atoms with Crippen LogP contribution < -0.4 is 0 Å². The number of thioether (sulfide) groups is 1. The van der Waals surface area contributed by atoms with Crippen LogP contribution in [0.4, 0.5) is 0 Å². The molecule has 3 aliphatic heterocycles. The SMILES string of the molecule is CC1(C)OB(CC(=O)C2CC3CCCC(C2)S3)OC1(C)C. The normalized spacial score (nSPS) is 37.5. The van der Waals surface area contributed by atoms with E-state index in [2.05, 4.69) is 11.8 Å². The van der Waals surface area contributed by atoms with Gasteiger partial charge < -0.3 is 9.31 Å². The van der Waals surface area contributed by atoms with Crippen molar-refractivity contribution in [3.8, 4) is 0 Å². The van der Waals surface area contributed by atoms with Crippen molar-refractivity contribution >= 4 is 24.7 Å². The van der Waals surface area contributed by atoms with Crippen LogP contribution in [-0.4, -0.2) is 34.6 Å². The molecule has 3 fully saturated rings. The topological polar surface area (TPSA) is 35.5 Å². The largest absolute Gasteiger partial charge is 0.465 e. The van der Waals surface area contributed by atoms with Gasteiger partial charge in [0, 0.05) is 22.7 Å². The Morgan fingerprint density at radius 1 is 1.10 bits per heavy atom. The summed E-state index contributed by atoms with van der Waals surface area (Å²) in [6.45, 7) is 8.16. The molecule has 0 radical (unpaired) electrons. The fourth-order valence-corrected chi connectivity index (χ4v) is 5.54. The summed E-state index contributed by atoms with van der Waals surface area (Å²) in [7, 11) is -0.364. The Bertz CT molecular complexity index is 396. The van der Waals surface area contributed by atoms with Crippen LogP contribution in [0.25, 0.3) is 0 Å². The van der Waals surface area contributed by atoms with E-state index in [1.165, 1.54) is 19.3 Å². The van der Waals surface area contributed by atoms with Crippen LogP contribution in [0.15, 0.2) is 0 Å². The number of rotatable bonds is 3. The standard InChI is InChI=1S/C16H27BO3S/c1-15(2)16(3,4)20-17(19-15)10-14(18)11-8-12-6-5-7-13(9-11)21-12/h11-13H,5-10H2,1-4H3. The maximum absolute atomic E-state index is 12.6. The van der Waals surface area contributed by atoms with Gasteiger partial charge in [0.2, 0.25) is 0 Å². The van der Waals surface area contributed by atoms with Crippen molar-refractivity contribution in [2.24, 2.45) is 5.92 Å². The van der Waals surface area contributed by atoms with Crippen molar-refractivity contribution in [2.45, 2.75) is 87.8 Å². The average molecular weight is 310 g/mol. The molecule has 3 heterocycles. The van der Waals surface area contributed by atoms with Crippen molar-refractivity contribution < 1.29 is 14.1 Å². The Labute approximate surface area is 133 Å². The Morgan fingerprint density at radius 2 is 1.62 bits per heavy atom. The zero-order chi connectivity index (χ0) is 15.3. The maximum Gasteiger partial charge on any atom is 0.465 e. The van der Waals surface area contributed by atoms with Crippen LogP contribution in [-0.2, 0) is 14.1 Å². The molecule has 0 aromatic heterocycles. The van der Waals surface area contributed by atoms with E-state index in [4.69, 9.17) is 9.31 Å². The van der Waals surface area contributed by atoms with E-state index in [0.29, 0.717) is 22.6 Å². The van der Waals surface area contributed by atoms with Crippen molar-refractivity contribution in [3.05, 3.63) is 0 Å². The lowest BCUT2D eigenvalue weighted by molar-refractivity contribution is -0.121. The smallest absolute Gasteiger partial charge is 0.403 e. The van der Waals surface area contributed by atoms with E-state index in [-0.39, 0.29) is 24.2 Å². The quantitative estimate of drug-likeness (QED) is 0.744. The van der Waals surface area contributed by atoms with Crippen molar-refractivity contribution in [1.29, 1.82) is 0 Å². The lowest BCUT2D eigenvalue weighted by Gasteiger charge is -2.38. The minimum absolute atomic E-state index is 0.237. The summed E-state index contributed by atoms with van der Waals surface area (Å²) in [5.41, 5.74) is -0.673. The molecule has 2 unspecified atom stereocenters. The molecule has 0 saturated carbocycles. The Kier molecular flexibility index (Phi) is 4.22. The van der Waals surface area contributed by atoms with E-state index in [1.807, 2.05) is 27.7 Å². The number of hydrogen-bond acceptors (Lipinski definition) is 4. The molecule has 0 N–H and O–H groups in total. The van der Waals surface area contributed by atoms with Gasteiger partial charge in [0.1, 0.15) is 5.78 Å². The summed E-state index contributed by atoms with van der Waals surface area (Å²) in [5, 5.41) is 1.43. The first-order chi connectivity index (χ1) is 9.77. The lowest BCUT2D eigenvalue weighted by atomic mass is 9.75. The molecular formula is C16H27BO3S. The first kappa shape index (κ1) is 15.9. The highest BCUT2D eigenvalue weighted by molar-refractivity contribution is 8.00. The van der Waals surface area contributed by atoms with Crippen molar-refractivity contribution in [1.82, 2.24) is 0 Å². The number of carbonyl (C=O) groups is 1. The van der Waals surface area contributed by atoms with E-state index in [9.17, 15) is 4.79 Å². The molecule has 3 saturated heterocycles. The Hall–Kier alpha value is 0.00494. The van der Waals surface area contributed by atoms with E-state index < -0.39 is 0 Å². The minimum Gasteiger partial charge on any atom is -0.403 e. The second kappa shape index (κ2) is 5.57. The summed E-state index contributed by atoms with van der Waals surface area (Å²) in [5.74, 6) is 0.589. The number of fused-ring (bicyclic) bond motifs is 2. The predicted octanol–water partition coefficient (Wildman–Crippen LogP) is 3.71. The highest BCUT2D eigenvalue weighted by Crippen LogP contribution is 2.45. The third-order valence-electron chi connectivity index (χ3n) is 5.66. The predicted molar refractivity (Wildman–Crippen MR) is 87.6 cm³/mol. The van der Waals surface area contributed by atoms with Crippen molar-refractivity contribution in [2.75, 3.05) is 0 Å². The molecule has 0 amide bonds. The number of hydrogen-bond donors (Lipinski definition) is 0. The first-order valence-corrected chi connectivity index (χ1v) is 9.25. The lowest BCUT2D eigenvalue weighted by Crippen LogP contribution is -2.41. The van der Waals surface area contributed by atoms with Gasteiger partial charge >= 0.3 is 7.12 Å². The summed E-state index contributed by atoms with van der Waals surface area (Å²) >= 11 is 2.12. The van der Waals surface area contributed by atoms with Gasteiger partial charge in [0.25, 0.3) is 0 Å². The van der Waals surface area contributed by atoms with Crippen LogP contribution in [0.1, 0.15) is 59.8 Å². The molecule has 0 aromatic rings. The molecule has 0 aliphatic carbocycles. The zero-order valence-corrected chi connectivity index (χ0v) is 14.5. The van der Waals surface area contributed by atoms with Crippen LogP contribution in [0.3, 0.4) is 0 Å². The van der Waals surface area contributed by atoms with E-state index in [0.717, 1.165) is 12.8 Å². The summed E-state index contributed by atoms with van der Waals surface area (Å²) < 4.78 is 11.9. The molecule has 21 heavy (non-hydrogen) atoms. The second-order valence-corrected chi connectivity index (χ2v) is 9.44. The van der Waals surface area contributed by atoms with Gasteiger partial charge in [-0.2, -0.15) is 11.8 Å². The van der Waals surface area contributed by atoms with Gasteiger partial charge in [-0.3, -0.25) is 4.79 Å². The summed E-state index contributed by atoms with van der Waals surface area (Å²) in [6, 6.07) is 0. The fraction of sp³-hybridized carbons (Fsp3) is 0.938. The average Bonchev–Trinajstić information content (AvgIpc) is 2.56. The summed E-state index contributed by atoms with van der Waals surface area (Å²) in [4.78, 5) is 12.6. The first-order valence-electron chi connectivity index (χ1n) is 8.31. The third-order valence-corrected chi connectivity index (χ3v) is 7.28. The molecule has 3 nitrogen and oxygen atoms in total. The molecule has 3 aliphatic rings. The highest BCUT2D eigenvalue weighted by atomic mass is 32.2. The third kappa shape index (κ3) is 3.20. The molecule has 0 aromatic carbocycles. The molecule has 5 heteroatoms. The van der Waals surface area contributed by atoms with Gasteiger partial charge in [0.15, 0.2) is 0 Å². The van der Waals surface area contributed by atoms with Crippen molar-refractivity contribution in [3.63, 3.8) is 0 Å². The Balaban J connectivity index is 1.58. The summed E-state index contributed by atoms with van der Waals surface area (Å²) in [6.07, 6.45) is 6.49. The van der Waals surface area contributed by atoms with Crippen LogP contribution in [0.5, 0.6) is 0 Å². The number of ketones is 1. The maximum atomic E-state index is 12.6. The molecule has 0 spiro atoms. The molecule has 2 bridgehead atoms. The number of Topliss-reactive ketones (excluding diaryl/α,β-unsaturated/α-hetero) is 1. The van der Waals surface area contributed by atoms with E-state index >= 15 is 0 Å². The number of carbonyl (C=O) groups excluding carboxylic acids is 1. The Morgan fingerprint density at radius 3 is 2.14 bits per heavy atom. The van der Waals surface area contributed by atoms with Crippen LogP contribution in [0, 0.1) is 5.92 Å². The van der Waals surface area contributed by atoms with E-state index in [1.54, 1.807) is 0 Å². The second-order valence-electron chi connectivity index (χ2n) is 7.84. The highest BCUT2D eigenvalue weighted by Gasteiger charge is 2.52. The zero-order valence-electron chi connectivity index (χ0n) is 13.7. The molecule has 3 rings (SSSR count).